The van der Waals surface area contributed by atoms with Crippen LogP contribution in [0.1, 0.15) is 96.8 Å². The first kappa shape index (κ1) is 24.8. The normalized spacial score (nSPS) is 11.2. The summed E-state index contributed by atoms with van der Waals surface area (Å²) in [7, 11) is 1.68. The Balaban J connectivity index is 3.26. The number of unbranched alkanes of at least 4 members (excludes halogenated alkanes) is 11. The SMILES string of the molecule is CCCCCCCC/C=C\CCCCCCCC(=O)COC(=O)CNC. The molecule has 4 nitrogen and oxygen atoms in total. The van der Waals surface area contributed by atoms with E-state index in [1.54, 1.807) is 7.05 Å². The average Bonchev–Trinajstić information content (AvgIpc) is 2.63. The minimum Gasteiger partial charge on any atom is -0.457 e. The molecule has 0 aliphatic carbocycles. The molecular weight excluding hydrogens is 326 g/mol. The number of allylic oxidation sites excluding steroid dienone is 2. The molecule has 4 heteroatoms. The van der Waals surface area contributed by atoms with Gasteiger partial charge < -0.3 is 10.1 Å². The van der Waals surface area contributed by atoms with Gasteiger partial charge in [-0.25, -0.2) is 0 Å². The molecule has 0 aromatic carbocycles. The molecule has 1 N–H and O–H groups in total. The zero-order valence-corrected chi connectivity index (χ0v) is 17.2. The largest absolute Gasteiger partial charge is 0.457 e. The van der Waals surface area contributed by atoms with Crippen molar-refractivity contribution in [3.05, 3.63) is 12.2 Å². The highest BCUT2D eigenvalue weighted by atomic mass is 16.5. The summed E-state index contributed by atoms with van der Waals surface area (Å²) in [6.07, 6.45) is 21.4. The zero-order chi connectivity index (χ0) is 19.3. The number of nitrogens with one attached hydrogen (secondary N) is 1. The smallest absolute Gasteiger partial charge is 0.320 e. The lowest BCUT2D eigenvalue weighted by Crippen LogP contribution is -2.23. The van der Waals surface area contributed by atoms with Crippen molar-refractivity contribution in [2.24, 2.45) is 0 Å². The Bertz CT molecular complexity index is 366. The van der Waals surface area contributed by atoms with E-state index in [4.69, 9.17) is 4.74 Å². The van der Waals surface area contributed by atoms with E-state index in [1.807, 2.05) is 0 Å². The van der Waals surface area contributed by atoms with Crippen LogP contribution in [0.25, 0.3) is 0 Å². The van der Waals surface area contributed by atoms with Gasteiger partial charge in [-0.2, -0.15) is 0 Å². The number of Topliss-reactive ketones (excluding diaryl/α,β-unsaturated/α-hetero) is 1. The first-order chi connectivity index (χ1) is 12.7. The molecule has 0 bridgehead atoms. The summed E-state index contributed by atoms with van der Waals surface area (Å²) in [6, 6.07) is 0. The van der Waals surface area contributed by atoms with Crippen LogP contribution in [0.5, 0.6) is 0 Å². The second kappa shape index (κ2) is 20.2. The van der Waals surface area contributed by atoms with Crippen molar-refractivity contribution in [3.63, 3.8) is 0 Å². The van der Waals surface area contributed by atoms with Crippen molar-refractivity contribution >= 4 is 11.8 Å². The van der Waals surface area contributed by atoms with Crippen molar-refractivity contribution in [1.82, 2.24) is 5.32 Å². The maximum absolute atomic E-state index is 11.6. The molecule has 26 heavy (non-hydrogen) atoms. The van der Waals surface area contributed by atoms with Crippen molar-refractivity contribution < 1.29 is 14.3 Å². The highest BCUT2D eigenvalue weighted by Crippen LogP contribution is 2.10. The summed E-state index contributed by atoms with van der Waals surface area (Å²) in [5.41, 5.74) is 0. The molecule has 0 rings (SSSR count). The first-order valence-electron chi connectivity index (χ1n) is 10.7. The summed E-state index contributed by atoms with van der Waals surface area (Å²) < 4.78 is 4.86. The van der Waals surface area contributed by atoms with E-state index in [0.717, 1.165) is 12.8 Å². The van der Waals surface area contributed by atoms with Crippen LogP contribution >= 0.6 is 0 Å². The topological polar surface area (TPSA) is 55.4 Å². The molecule has 0 saturated heterocycles. The van der Waals surface area contributed by atoms with Crippen LogP contribution in [-0.2, 0) is 14.3 Å². The van der Waals surface area contributed by atoms with E-state index in [-0.39, 0.29) is 24.9 Å². The zero-order valence-electron chi connectivity index (χ0n) is 17.2. The van der Waals surface area contributed by atoms with Crippen LogP contribution < -0.4 is 5.32 Å². The van der Waals surface area contributed by atoms with Gasteiger partial charge in [0, 0.05) is 6.42 Å². The molecule has 152 valence electrons. The Hall–Kier alpha value is -1.16. The lowest BCUT2D eigenvalue weighted by molar-refractivity contribution is -0.147. The third-order valence-electron chi connectivity index (χ3n) is 4.43. The second-order valence-corrected chi connectivity index (χ2v) is 7.06. The Morgan fingerprint density at radius 3 is 1.92 bits per heavy atom. The number of likely N-dealkylation sites (N-methyl/N-ethyl adjacent to an activating group) is 1. The molecular formula is C22H41NO3. The summed E-state index contributed by atoms with van der Waals surface area (Å²) in [5, 5.41) is 2.70. The standard InChI is InChI=1S/C22H41NO3/c1-3-4-5-6-7-8-9-10-11-12-13-14-15-16-17-18-21(24)20-26-22(25)19-23-2/h10-11,23H,3-9,12-20H2,1-2H3/b11-10-. The minimum atomic E-state index is -0.370. The van der Waals surface area contributed by atoms with Gasteiger partial charge >= 0.3 is 5.97 Å². The second-order valence-electron chi connectivity index (χ2n) is 7.06. The molecule has 0 heterocycles. The summed E-state index contributed by atoms with van der Waals surface area (Å²) in [4.78, 5) is 22.7. The molecule has 0 aliphatic rings. The third-order valence-corrected chi connectivity index (χ3v) is 4.43. The lowest BCUT2D eigenvalue weighted by atomic mass is 10.1. The van der Waals surface area contributed by atoms with Gasteiger partial charge in [0.15, 0.2) is 5.78 Å². The molecule has 0 fully saturated rings. The van der Waals surface area contributed by atoms with E-state index in [9.17, 15) is 9.59 Å². The number of ketones is 1. The van der Waals surface area contributed by atoms with Gasteiger partial charge in [-0.3, -0.25) is 9.59 Å². The van der Waals surface area contributed by atoms with E-state index in [0.29, 0.717) is 6.42 Å². The number of carbonyl (C=O) groups excluding carboxylic acids is 2. The van der Waals surface area contributed by atoms with Crippen LogP contribution in [0, 0.1) is 0 Å². The Morgan fingerprint density at radius 1 is 0.808 bits per heavy atom. The average molecular weight is 368 g/mol. The molecule has 0 unspecified atom stereocenters. The van der Waals surface area contributed by atoms with Crippen LogP contribution in [0.4, 0.5) is 0 Å². The highest BCUT2D eigenvalue weighted by Gasteiger charge is 2.06. The fourth-order valence-corrected chi connectivity index (χ4v) is 2.82. The van der Waals surface area contributed by atoms with E-state index in [2.05, 4.69) is 24.4 Å². The van der Waals surface area contributed by atoms with Gasteiger partial charge in [-0.1, -0.05) is 70.4 Å². The molecule has 0 radical (unpaired) electrons. The summed E-state index contributed by atoms with van der Waals surface area (Å²) in [6.45, 7) is 2.33. The first-order valence-corrected chi connectivity index (χ1v) is 10.7. The fraction of sp³-hybridized carbons (Fsp3) is 0.818. The predicted octanol–water partition coefficient (Wildman–Crippen LogP) is 5.36. The van der Waals surface area contributed by atoms with Gasteiger partial charge in [0.05, 0.1) is 6.54 Å². The minimum absolute atomic E-state index is 0.0204. The van der Waals surface area contributed by atoms with Crippen LogP contribution in [0.15, 0.2) is 12.2 Å². The van der Waals surface area contributed by atoms with Crippen LogP contribution in [0.2, 0.25) is 0 Å². The van der Waals surface area contributed by atoms with Crippen molar-refractivity contribution in [1.29, 1.82) is 0 Å². The molecule has 0 saturated carbocycles. The molecule has 0 atom stereocenters. The number of rotatable bonds is 19. The number of ether oxygens (including phenoxy) is 1. The van der Waals surface area contributed by atoms with Crippen molar-refractivity contribution in [2.45, 2.75) is 96.8 Å². The third kappa shape index (κ3) is 19.2. The monoisotopic (exact) mass is 367 g/mol. The van der Waals surface area contributed by atoms with E-state index >= 15 is 0 Å². The van der Waals surface area contributed by atoms with E-state index in [1.165, 1.54) is 70.6 Å². The maximum atomic E-state index is 11.6. The van der Waals surface area contributed by atoms with E-state index < -0.39 is 0 Å². The fourth-order valence-electron chi connectivity index (χ4n) is 2.82. The molecule has 0 spiro atoms. The van der Waals surface area contributed by atoms with Gasteiger partial charge in [0.25, 0.3) is 0 Å². The number of hydrogen-bond acceptors (Lipinski definition) is 4. The van der Waals surface area contributed by atoms with Gasteiger partial charge in [0.2, 0.25) is 0 Å². The highest BCUT2D eigenvalue weighted by molar-refractivity contribution is 5.82. The van der Waals surface area contributed by atoms with Crippen LogP contribution in [-0.4, -0.2) is 32.0 Å². The molecule has 0 aromatic heterocycles. The predicted molar refractivity (Wildman–Crippen MR) is 109 cm³/mol. The number of esters is 1. The molecule has 0 aromatic rings. The summed E-state index contributed by atoms with van der Waals surface area (Å²) >= 11 is 0. The quantitative estimate of drug-likeness (QED) is 0.190. The van der Waals surface area contributed by atoms with Crippen molar-refractivity contribution in [3.8, 4) is 0 Å². The van der Waals surface area contributed by atoms with Crippen LogP contribution in [0.3, 0.4) is 0 Å². The van der Waals surface area contributed by atoms with Crippen molar-refractivity contribution in [2.75, 3.05) is 20.2 Å². The Kier molecular flexibility index (Phi) is 19.3. The Morgan fingerprint density at radius 2 is 1.35 bits per heavy atom. The number of hydrogen-bond donors (Lipinski definition) is 1. The summed E-state index contributed by atoms with van der Waals surface area (Å²) in [5.74, 6) is -0.350. The lowest BCUT2D eigenvalue weighted by Gasteiger charge is -2.04. The number of carbonyl (C=O) groups is 2. The Labute approximate surface area is 161 Å². The van der Waals surface area contributed by atoms with Gasteiger partial charge in [-0.05, 0) is 39.2 Å². The maximum Gasteiger partial charge on any atom is 0.320 e. The molecule has 0 amide bonds. The molecule has 0 aliphatic heterocycles. The van der Waals surface area contributed by atoms with Gasteiger partial charge in [0.1, 0.15) is 6.61 Å². The van der Waals surface area contributed by atoms with Gasteiger partial charge in [-0.15, -0.1) is 0 Å².